The van der Waals surface area contributed by atoms with Crippen LogP contribution in [-0.2, 0) is 11.4 Å². The Labute approximate surface area is 223 Å². The van der Waals surface area contributed by atoms with Gasteiger partial charge < -0.3 is 9.47 Å². The number of aryl methyl sites for hydroxylation is 1. The van der Waals surface area contributed by atoms with Crippen LogP contribution in [0.1, 0.15) is 16.7 Å². The van der Waals surface area contributed by atoms with Crippen LogP contribution in [0.3, 0.4) is 0 Å². The molecule has 1 heterocycles. The number of methoxy groups -OCH3 is 1. The molecule has 0 bridgehead atoms. The third kappa shape index (κ3) is 7.34. The number of nitrogens with one attached hydrogen (secondary N) is 1. The van der Waals surface area contributed by atoms with Crippen LogP contribution in [0.5, 0.6) is 11.5 Å². The van der Waals surface area contributed by atoms with E-state index >= 15 is 0 Å². The lowest BCUT2D eigenvalue weighted by Crippen LogP contribution is -2.19. The van der Waals surface area contributed by atoms with Gasteiger partial charge in [0, 0.05) is 16.0 Å². The Morgan fingerprint density at radius 1 is 1.14 bits per heavy atom. The van der Waals surface area contributed by atoms with Gasteiger partial charge in [-0.2, -0.15) is 5.10 Å². The number of thioether (sulfide) groups is 1. The number of nitrogens with zero attached hydrogens (tertiary/aromatic N) is 2. The number of hydrazone groups is 1. The maximum Gasteiger partial charge on any atom is 0.250 e. The summed E-state index contributed by atoms with van der Waals surface area (Å²) in [5.74, 6) is 1.22. The van der Waals surface area contributed by atoms with Gasteiger partial charge in [-0.1, -0.05) is 65.3 Å². The van der Waals surface area contributed by atoms with Crippen LogP contribution in [0.15, 0.2) is 81.6 Å². The van der Waals surface area contributed by atoms with Gasteiger partial charge in [0.2, 0.25) is 0 Å². The molecule has 0 atom stereocenters. The van der Waals surface area contributed by atoms with Gasteiger partial charge in [-0.3, -0.25) is 4.79 Å². The third-order valence-corrected chi connectivity index (χ3v) is 7.29. The molecule has 0 unspecified atom stereocenters. The molecule has 0 aliphatic carbocycles. The van der Waals surface area contributed by atoms with E-state index in [-0.39, 0.29) is 11.7 Å². The molecule has 1 N–H and O–H groups in total. The number of hydrogen-bond donors (Lipinski definition) is 1. The van der Waals surface area contributed by atoms with Crippen LogP contribution in [-0.4, -0.2) is 30.0 Å². The number of carbonyl (C=O) groups is 1. The highest BCUT2D eigenvalue weighted by molar-refractivity contribution is 8.01. The van der Waals surface area contributed by atoms with Crippen LogP contribution in [0.25, 0.3) is 11.3 Å². The van der Waals surface area contributed by atoms with Gasteiger partial charge in [0.15, 0.2) is 15.8 Å². The summed E-state index contributed by atoms with van der Waals surface area (Å²) in [6, 6.07) is 21.2. The molecule has 0 spiro atoms. The Kier molecular flexibility index (Phi) is 9.00. The molecular weight excluding hydrogens is 514 g/mol. The molecule has 3 aromatic carbocycles. The summed E-state index contributed by atoms with van der Waals surface area (Å²) in [5.41, 5.74) is 7.44. The van der Waals surface area contributed by atoms with Gasteiger partial charge in [0.05, 0.1) is 24.8 Å². The Hall–Kier alpha value is -3.33. The summed E-state index contributed by atoms with van der Waals surface area (Å²) in [7, 11) is 1.59. The average Bonchev–Trinajstić information content (AvgIpc) is 3.36. The van der Waals surface area contributed by atoms with Crippen LogP contribution in [0.4, 0.5) is 0 Å². The molecule has 4 rings (SSSR count). The normalized spacial score (nSPS) is 11.0. The number of halogens is 1. The lowest BCUT2D eigenvalue weighted by Gasteiger charge is -2.11. The van der Waals surface area contributed by atoms with Crippen molar-refractivity contribution in [1.29, 1.82) is 0 Å². The van der Waals surface area contributed by atoms with Crippen LogP contribution in [0.2, 0.25) is 5.02 Å². The van der Waals surface area contributed by atoms with E-state index in [0.29, 0.717) is 23.1 Å². The molecule has 0 radical (unpaired) electrons. The summed E-state index contributed by atoms with van der Waals surface area (Å²) >= 11 is 8.80. The average molecular weight is 538 g/mol. The number of thiazole rings is 1. The number of carbonyl (C=O) groups excluding carboxylic acids is 1. The fourth-order valence-corrected chi connectivity index (χ4v) is 5.02. The van der Waals surface area contributed by atoms with Crippen molar-refractivity contribution in [3.63, 3.8) is 0 Å². The monoisotopic (exact) mass is 537 g/mol. The van der Waals surface area contributed by atoms with Crippen molar-refractivity contribution < 1.29 is 14.3 Å². The predicted molar refractivity (Wildman–Crippen MR) is 148 cm³/mol. The lowest BCUT2D eigenvalue weighted by molar-refractivity contribution is -0.118. The fraction of sp³-hybridized carbons (Fsp3) is 0.148. The van der Waals surface area contributed by atoms with Crippen LogP contribution < -0.4 is 14.9 Å². The molecule has 6 nitrogen and oxygen atoms in total. The van der Waals surface area contributed by atoms with Crippen LogP contribution in [0, 0.1) is 6.92 Å². The number of amides is 1. The number of hydrogen-bond acceptors (Lipinski definition) is 7. The zero-order chi connectivity index (χ0) is 25.3. The minimum Gasteiger partial charge on any atom is -0.493 e. The second-order valence-corrected chi connectivity index (χ2v) is 10.3. The van der Waals surface area contributed by atoms with E-state index < -0.39 is 0 Å². The van der Waals surface area contributed by atoms with Gasteiger partial charge in [-0.05, 0) is 48.4 Å². The molecule has 0 saturated carbocycles. The first-order valence-corrected chi connectivity index (χ1v) is 13.3. The molecule has 184 valence electrons. The molecule has 0 saturated heterocycles. The van der Waals surface area contributed by atoms with E-state index in [0.717, 1.165) is 26.7 Å². The molecule has 1 amide bonds. The van der Waals surface area contributed by atoms with Crippen molar-refractivity contribution in [3.8, 4) is 22.8 Å². The fourth-order valence-electron chi connectivity index (χ4n) is 3.26. The number of ether oxygens (including phenoxy) is 2. The van der Waals surface area contributed by atoms with Gasteiger partial charge >= 0.3 is 0 Å². The van der Waals surface area contributed by atoms with E-state index in [1.807, 2.05) is 73.0 Å². The van der Waals surface area contributed by atoms with Gasteiger partial charge in [-0.25, -0.2) is 10.4 Å². The maximum absolute atomic E-state index is 12.2. The molecular formula is C27H24ClN3O3S2. The minimum atomic E-state index is -0.218. The van der Waals surface area contributed by atoms with Crippen molar-refractivity contribution in [2.45, 2.75) is 17.9 Å². The molecule has 1 aromatic heterocycles. The number of benzene rings is 3. The van der Waals surface area contributed by atoms with Crippen molar-refractivity contribution in [2.24, 2.45) is 5.10 Å². The molecule has 9 heteroatoms. The van der Waals surface area contributed by atoms with Gasteiger partial charge in [0.25, 0.3) is 5.91 Å². The Morgan fingerprint density at radius 2 is 1.97 bits per heavy atom. The molecule has 0 aliphatic rings. The largest absolute Gasteiger partial charge is 0.493 e. The summed E-state index contributed by atoms with van der Waals surface area (Å²) < 4.78 is 12.2. The molecule has 36 heavy (non-hydrogen) atoms. The molecule has 4 aromatic rings. The SMILES string of the molecule is COc1cc(/C=N/NC(=O)CSc2nc(-c3ccc(Cl)cc3)cs2)ccc1OCc1cccc(C)c1. The van der Waals surface area contributed by atoms with Crippen molar-refractivity contribution in [1.82, 2.24) is 10.4 Å². The second kappa shape index (κ2) is 12.6. The van der Waals surface area contributed by atoms with E-state index in [4.69, 9.17) is 21.1 Å². The quantitative estimate of drug-likeness (QED) is 0.140. The highest BCUT2D eigenvalue weighted by Gasteiger charge is 2.09. The minimum absolute atomic E-state index is 0.208. The lowest BCUT2D eigenvalue weighted by atomic mass is 10.1. The second-order valence-electron chi connectivity index (χ2n) is 7.78. The summed E-state index contributed by atoms with van der Waals surface area (Å²) in [4.78, 5) is 16.8. The number of aromatic nitrogens is 1. The van der Waals surface area contributed by atoms with Crippen molar-refractivity contribution >= 4 is 46.8 Å². The summed E-state index contributed by atoms with van der Waals surface area (Å²) in [5, 5.41) is 6.70. The summed E-state index contributed by atoms with van der Waals surface area (Å²) in [6.45, 7) is 2.49. The van der Waals surface area contributed by atoms with Gasteiger partial charge in [-0.15, -0.1) is 11.3 Å². The first kappa shape index (κ1) is 25.8. The predicted octanol–water partition coefficient (Wildman–Crippen LogP) is 6.60. The Morgan fingerprint density at radius 3 is 2.75 bits per heavy atom. The zero-order valence-corrected chi connectivity index (χ0v) is 22.1. The van der Waals surface area contributed by atoms with Crippen molar-refractivity contribution in [3.05, 3.63) is 93.8 Å². The zero-order valence-electron chi connectivity index (χ0n) is 19.7. The Bertz CT molecular complexity index is 1360. The summed E-state index contributed by atoms with van der Waals surface area (Å²) in [6.07, 6.45) is 1.57. The van der Waals surface area contributed by atoms with Crippen molar-refractivity contribution in [2.75, 3.05) is 12.9 Å². The smallest absolute Gasteiger partial charge is 0.250 e. The highest BCUT2D eigenvalue weighted by atomic mass is 35.5. The van der Waals surface area contributed by atoms with E-state index in [1.165, 1.54) is 28.7 Å². The highest BCUT2D eigenvalue weighted by Crippen LogP contribution is 2.29. The Balaban J connectivity index is 1.26. The van der Waals surface area contributed by atoms with Gasteiger partial charge in [0.1, 0.15) is 6.61 Å². The van der Waals surface area contributed by atoms with E-state index in [9.17, 15) is 4.79 Å². The molecule has 0 fully saturated rings. The standard InChI is InChI=1S/C27H24ClN3O3S2/c1-18-4-3-5-20(12-18)15-34-24-11-6-19(13-25(24)33-2)14-29-31-26(32)17-36-27-30-23(16-35-27)21-7-9-22(28)10-8-21/h3-14,16H,15,17H2,1-2H3,(H,31,32)/b29-14+. The topological polar surface area (TPSA) is 72.8 Å². The van der Waals surface area contributed by atoms with Crippen LogP contribution >= 0.6 is 34.7 Å². The molecule has 0 aliphatic heterocycles. The van der Waals surface area contributed by atoms with E-state index in [1.54, 1.807) is 13.3 Å². The first-order valence-electron chi connectivity index (χ1n) is 11.0. The third-order valence-electron chi connectivity index (χ3n) is 5.02. The number of rotatable bonds is 10. The van der Waals surface area contributed by atoms with E-state index in [2.05, 4.69) is 21.6 Å². The maximum atomic E-state index is 12.2. The first-order chi connectivity index (χ1) is 17.5.